The third-order valence-electron chi connectivity index (χ3n) is 3.46. The first kappa shape index (κ1) is 8.60. The second-order valence-electron chi connectivity index (χ2n) is 4.11. The Labute approximate surface area is 77.4 Å². The van der Waals surface area contributed by atoms with Gasteiger partial charge in [-0.3, -0.25) is 0 Å². The van der Waals surface area contributed by atoms with Crippen molar-refractivity contribution in [2.24, 2.45) is 11.8 Å². The minimum atomic E-state index is -1.17. The van der Waals surface area contributed by atoms with Crippen LogP contribution >= 0.6 is 0 Å². The summed E-state index contributed by atoms with van der Waals surface area (Å²) in [5, 5.41) is 8.63. The molecular formula is C10H14O3. The van der Waals surface area contributed by atoms with Crippen molar-refractivity contribution in [3.05, 3.63) is 12.7 Å². The lowest BCUT2D eigenvalue weighted by Gasteiger charge is -2.32. The van der Waals surface area contributed by atoms with Crippen LogP contribution in [-0.4, -0.2) is 16.9 Å². The van der Waals surface area contributed by atoms with E-state index >= 15 is 0 Å². The fourth-order valence-electron chi connectivity index (χ4n) is 2.90. The SMILES string of the molecule is C=CC1(OC(=O)O)CC2CCC1C2. The number of fused-ring (bicyclic) bond motifs is 2. The molecule has 72 valence electrons. The Morgan fingerprint density at radius 3 is 2.77 bits per heavy atom. The number of rotatable bonds is 2. The minimum Gasteiger partial charge on any atom is -0.450 e. The Kier molecular flexibility index (Phi) is 1.82. The van der Waals surface area contributed by atoms with Crippen LogP contribution in [-0.2, 0) is 4.74 Å². The summed E-state index contributed by atoms with van der Waals surface area (Å²) in [6, 6.07) is 0. The summed E-state index contributed by atoms with van der Waals surface area (Å²) in [7, 11) is 0. The molecule has 3 heteroatoms. The Balaban J connectivity index is 2.17. The third kappa shape index (κ3) is 1.23. The topological polar surface area (TPSA) is 46.5 Å². The van der Waals surface area contributed by atoms with E-state index in [0.717, 1.165) is 19.3 Å². The van der Waals surface area contributed by atoms with Crippen molar-refractivity contribution >= 4 is 6.16 Å². The molecule has 3 unspecified atom stereocenters. The number of hydrogen-bond acceptors (Lipinski definition) is 2. The van der Waals surface area contributed by atoms with Gasteiger partial charge in [0.25, 0.3) is 0 Å². The van der Waals surface area contributed by atoms with Gasteiger partial charge >= 0.3 is 6.16 Å². The summed E-state index contributed by atoms with van der Waals surface area (Å²) in [5.41, 5.74) is -0.561. The van der Waals surface area contributed by atoms with Crippen molar-refractivity contribution in [2.75, 3.05) is 0 Å². The van der Waals surface area contributed by atoms with Crippen LogP contribution in [0.3, 0.4) is 0 Å². The number of carboxylic acid groups (broad SMARTS) is 1. The van der Waals surface area contributed by atoms with Crippen LogP contribution in [0.2, 0.25) is 0 Å². The molecule has 1 N–H and O–H groups in total. The van der Waals surface area contributed by atoms with Crippen LogP contribution in [0.1, 0.15) is 25.7 Å². The maximum absolute atomic E-state index is 10.5. The molecule has 0 aromatic heterocycles. The smallest absolute Gasteiger partial charge is 0.450 e. The number of carbonyl (C=O) groups is 1. The van der Waals surface area contributed by atoms with Gasteiger partial charge in [0.1, 0.15) is 5.60 Å². The third-order valence-corrected chi connectivity index (χ3v) is 3.46. The Morgan fingerprint density at radius 1 is 1.62 bits per heavy atom. The van der Waals surface area contributed by atoms with Gasteiger partial charge in [-0.1, -0.05) is 6.58 Å². The molecule has 0 saturated heterocycles. The monoisotopic (exact) mass is 182 g/mol. The Morgan fingerprint density at radius 2 is 2.38 bits per heavy atom. The molecule has 2 saturated carbocycles. The van der Waals surface area contributed by atoms with Gasteiger partial charge in [-0.25, -0.2) is 4.79 Å². The first-order valence-corrected chi connectivity index (χ1v) is 4.72. The van der Waals surface area contributed by atoms with Crippen LogP contribution in [0.5, 0.6) is 0 Å². The van der Waals surface area contributed by atoms with Crippen LogP contribution in [0.25, 0.3) is 0 Å². The minimum absolute atomic E-state index is 0.381. The maximum Gasteiger partial charge on any atom is 0.506 e. The van der Waals surface area contributed by atoms with Gasteiger partial charge in [0.15, 0.2) is 0 Å². The van der Waals surface area contributed by atoms with Crippen LogP contribution in [0.4, 0.5) is 4.79 Å². The summed E-state index contributed by atoms with van der Waals surface area (Å²) in [6.07, 6.45) is 4.78. The zero-order valence-electron chi connectivity index (χ0n) is 7.53. The second kappa shape index (κ2) is 2.76. The molecule has 2 aliphatic rings. The van der Waals surface area contributed by atoms with Crippen LogP contribution in [0, 0.1) is 11.8 Å². The van der Waals surface area contributed by atoms with Gasteiger partial charge in [-0.15, -0.1) is 0 Å². The largest absolute Gasteiger partial charge is 0.506 e. The molecular weight excluding hydrogens is 168 g/mol. The van der Waals surface area contributed by atoms with Gasteiger partial charge in [-0.2, -0.15) is 0 Å². The van der Waals surface area contributed by atoms with Crippen LogP contribution < -0.4 is 0 Å². The molecule has 2 bridgehead atoms. The molecule has 3 atom stereocenters. The molecule has 0 aromatic carbocycles. The molecule has 0 heterocycles. The summed E-state index contributed by atoms with van der Waals surface area (Å²) in [6.45, 7) is 3.70. The lowest BCUT2D eigenvalue weighted by Crippen LogP contribution is -2.37. The predicted octanol–water partition coefficient (Wildman–Crippen LogP) is 2.43. The zero-order chi connectivity index (χ0) is 9.47. The average molecular weight is 182 g/mol. The lowest BCUT2D eigenvalue weighted by molar-refractivity contribution is -0.0208. The lowest BCUT2D eigenvalue weighted by atomic mass is 9.84. The zero-order valence-corrected chi connectivity index (χ0v) is 7.53. The molecule has 0 amide bonds. The van der Waals surface area contributed by atoms with E-state index < -0.39 is 11.8 Å². The summed E-state index contributed by atoms with van der Waals surface area (Å²) >= 11 is 0. The van der Waals surface area contributed by atoms with Gasteiger partial charge < -0.3 is 9.84 Å². The first-order valence-electron chi connectivity index (χ1n) is 4.72. The van der Waals surface area contributed by atoms with E-state index in [1.165, 1.54) is 6.42 Å². The molecule has 3 nitrogen and oxygen atoms in total. The molecule has 2 rings (SSSR count). The molecule has 0 radical (unpaired) electrons. The quantitative estimate of drug-likeness (QED) is 0.527. The fourth-order valence-corrected chi connectivity index (χ4v) is 2.90. The maximum atomic E-state index is 10.5. The van der Waals surface area contributed by atoms with Gasteiger partial charge in [-0.05, 0) is 37.7 Å². The molecule has 2 fully saturated rings. The highest BCUT2D eigenvalue weighted by atomic mass is 16.7. The summed E-state index contributed by atoms with van der Waals surface area (Å²) in [4.78, 5) is 10.5. The molecule has 2 aliphatic carbocycles. The molecule has 13 heavy (non-hydrogen) atoms. The van der Waals surface area contributed by atoms with E-state index in [1.807, 2.05) is 0 Å². The van der Waals surface area contributed by atoms with Crippen molar-refractivity contribution in [1.29, 1.82) is 0 Å². The van der Waals surface area contributed by atoms with E-state index in [4.69, 9.17) is 9.84 Å². The van der Waals surface area contributed by atoms with E-state index in [1.54, 1.807) is 6.08 Å². The fraction of sp³-hybridized carbons (Fsp3) is 0.700. The van der Waals surface area contributed by atoms with E-state index in [0.29, 0.717) is 11.8 Å². The van der Waals surface area contributed by atoms with E-state index in [9.17, 15) is 4.79 Å². The van der Waals surface area contributed by atoms with Crippen LogP contribution in [0.15, 0.2) is 12.7 Å². The van der Waals surface area contributed by atoms with Crippen molar-refractivity contribution in [3.8, 4) is 0 Å². The summed E-state index contributed by atoms with van der Waals surface area (Å²) < 4.78 is 4.98. The summed E-state index contributed by atoms with van der Waals surface area (Å²) in [5.74, 6) is 1.04. The molecule has 0 aliphatic heterocycles. The average Bonchev–Trinajstić information content (AvgIpc) is 2.62. The standard InChI is InChI=1S/C10H14O3/c1-2-10(13-9(11)12)6-7-3-4-8(10)5-7/h2,7-8H,1,3-6H2,(H,11,12). The Bertz CT molecular complexity index is 249. The van der Waals surface area contributed by atoms with Gasteiger partial charge in [0, 0.05) is 5.92 Å². The van der Waals surface area contributed by atoms with Crippen molar-refractivity contribution in [1.82, 2.24) is 0 Å². The predicted molar refractivity (Wildman–Crippen MR) is 47.5 cm³/mol. The number of ether oxygens (including phenoxy) is 1. The molecule has 0 spiro atoms. The van der Waals surface area contributed by atoms with Crippen molar-refractivity contribution in [3.63, 3.8) is 0 Å². The normalized spacial score (nSPS) is 41.8. The number of hydrogen-bond donors (Lipinski definition) is 1. The highest BCUT2D eigenvalue weighted by molar-refractivity contribution is 5.58. The first-order chi connectivity index (χ1) is 6.16. The highest BCUT2D eigenvalue weighted by Gasteiger charge is 2.52. The van der Waals surface area contributed by atoms with Crippen molar-refractivity contribution in [2.45, 2.75) is 31.3 Å². The van der Waals surface area contributed by atoms with E-state index in [-0.39, 0.29) is 0 Å². The van der Waals surface area contributed by atoms with Crippen molar-refractivity contribution < 1.29 is 14.6 Å². The van der Waals surface area contributed by atoms with Gasteiger partial charge in [0.2, 0.25) is 0 Å². The van der Waals surface area contributed by atoms with Gasteiger partial charge in [0.05, 0.1) is 0 Å². The highest BCUT2D eigenvalue weighted by Crippen LogP contribution is 2.53. The second-order valence-corrected chi connectivity index (χ2v) is 4.11. The molecule has 0 aromatic rings. The van der Waals surface area contributed by atoms with E-state index in [2.05, 4.69) is 6.58 Å². The Hall–Kier alpha value is -0.990.